The first-order valence-corrected chi connectivity index (χ1v) is 14.7. The number of thioether (sulfide) groups is 1. The lowest BCUT2D eigenvalue weighted by molar-refractivity contribution is -0.148. The molecule has 40 heavy (non-hydrogen) atoms. The number of carbonyl (C=O) groups is 3. The monoisotopic (exact) mass is 566 g/mol. The molecular formula is C29H38N6O4S. The van der Waals surface area contributed by atoms with Gasteiger partial charge >= 0.3 is 0 Å². The highest BCUT2D eigenvalue weighted by Gasteiger charge is 2.74. The summed E-state index contributed by atoms with van der Waals surface area (Å²) in [5, 5.41) is 18.9. The molecule has 2 unspecified atom stereocenters. The number of hydrogen-bond donors (Lipinski definition) is 1. The summed E-state index contributed by atoms with van der Waals surface area (Å²) in [7, 11) is 1.73. The fourth-order valence-corrected chi connectivity index (χ4v) is 9.09. The molecule has 6 atom stereocenters. The molecule has 214 valence electrons. The van der Waals surface area contributed by atoms with Crippen LogP contribution in [0.1, 0.15) is 26.7 Å². The Morgan fingerprint density at radius 1 is 1.23 bits per heavy atom. The van der Waals surface area contributed by atoms with Gasteiger partial charge < -0.3 is 19.8 Å². The smallest absolute Gasteiger partial charge is 0.248 e. The van der Waals surface area contributed by atoms with Crippen molar-refractivity contribution in [3.63, 3.8) is 0 Å². The van der Waals surface area contributed by atoms with Crippen LogP contribution in [0.4, 0.5) is 0 Å². The van der Waals surface area contributed by atoms with E-state index in [9.17, 15) is 19.5 Å². The molecule has 2 aromatic rings. The zero-order valence-electron chi connectivity index (χ0n) is 23.3. The van der Waals surface area contributed by atoms with Crippen LogP contribution >= 0.6 is 11.8 Å². The molecule has 3 amide bonds. The van der Waals surface area contributed by atoms with Crippen LogP contribution in [0, 0.1) is 17.8 Å². The maximum absolute atomic E-state index is 14.7. The van der Waals surface area contributed by atoms with Crippen LogP contribution in [0.5, 0.6) is 0 Å². The first-order valence-electron chi connectivity index (χ1n) is 13.8. The molecule has 3 aliphatic rings. The number of para-hydroxylation sites is 1. The Kier molecular flexibility index (Phi) is 7.80. The zero-order valence-corrected chi connectivity index (χ0v) is 24.2. The summed E-state index contributed by atoms with van der Waals surface area (Å²) in [6.45, 7) is 12.0. The Bertz CT molecular complexity index is 1330. The van der Waals surface area contributed by atoms with Gasteiger partial charge in [0.05, 0.1) is 34.7 Å². The number of benzene rings is 1. The minimum absolute atomic E-state index is 0.0371. The van der Waals surface area contributed by atoms with Crippen molar-refractivity contribution in [1.29, 1.82) is 0 Å². The molecule has 0 aliphatic carbocycles. The van der Waals surface area contributed by atoms with E-state index in [0.29, 0.717) is 13.0 Å². The van der Waals surface area contributed by atoms with Gasteiger partial charge in [-0.2, -0.15) is 0 Å². The molecule has 1 aromatic carbocycles. The van der Waals surface area contributed by atoms with Crippen molar-refractivity contribution in [3.8, 4) is 0 Å². The molecular weight excluding hydrogens is 528 g/mol. The number of hydrogen-bond acceptors (Lipinski definition) is 7. The van der Waals surface area contributed by atoms with E-state index in [1.165, 1.54) is 0 Å². The quantitative estimate of drug-likeness (QED) is 0.415. The van der Waals surface area contributed by atoms with E-state index in [-0.39, 0.29) is 48.7 Å². The van der Waals surface area contributed by atoms with E-state index in [1.807, 2.05) is 38.1 Å². The third-order valence-electron chi connectivity index (χ3n) is 8.74. The highest BCUT2D eigenvalue weighted by atomic mass is 32.2. The molecule has 2 bridgehead atoms. The van der Waals surface area contributed by atoms with Crippen molar-refractivity contribution in [3.05, 3.63) is 49.6 Å². The number of rotatable bonds is 11. The van der Waals surface area contributed by atoms with E-state index in [1.54, 1.807) is 50.3 Å². The number of likely N-dealkylation sites (N-methyl/N-ethyl adjacent to an activating group) is 1. The molecule has 0 saturated carbocycles. The average Bonchev–Trinajstić information content (AvgIpc) is 3.68. The van der Waals surface area contributed by atoms with Gasteiger partial charge in [-0.25, -0.2) is 4.68 Å². The number of amides is 3. The third kappa shape index (κ3) is 4.34. The molecule has 1 spiro atoms. The van der Waals surface area contributed by atoms with Crippen molar-refractivity contribution < 1.29 is 19.5 Å². The summed E-state index contributed by atoms with van der Waals surface area (Å²) in [4.78, 5) is 47.5. The first-order chi connectivity index (χ1) is 19.2. The van der Waals surface area contributed by atoms with Crippen molar-refractivity contribution >= 4 is 40.5 Å². The lowest BCUT2D eigenvalue weighted by atomic mass is 9.70. The Morgan fingerprint density at radius 3 is 2.62 bits per heavy atom. The van der Waals surface area contributed by atoms with Gasteiger partial charge in [-0.1, -0.05) is 43.3 Å². The maximum Gasteiger partial charge on any atom is 0.248 e. The predicted molar refractivity (Wildman–Crippen MR) is 154 cm³/mol. The van der Waals surface area contributed by atoms with E-state index < -0.39 is 28.7 Å². The van der Waals surface area contributed by atoms with Crippen LogP contribution in [-0.4, -0.2) is 101 Å². The van der Waals surface area contributed by atoms with Gasteiger partial charge in [-0.15, -0.1) is 30.0 Å². The number of aliphatic hydroxyl groups excluding tert-OH is 1. The summed E-state index contributed by atoms with van der Waals surface area (Å²) in [6.07, 6.45) is 4.75. The molecule has 5 rings (SSSR count). The van der Waals surface area contributed by atoms with Gasteiger partial charge in [0.15, 0.2) is 0 Å². The number of aromatic nitrogens is 3. The number of nitrogens with zero attached hydrogens (tertiary/aromatic N) is 6. The maximum atomic E-state index is 14.7. The van der Waals surface area contributed by atoms with Gasteiger partial charge in [0.25, 0.3) is 0 Å². The zero-order chi connectivity index (χ0) is 28.8. The van der Waals surface area contributed by atoms with Crippen molar-refractivity contribution in [1.82, 2.24) is 29.7 Å². The van der Waals surface area contributed by atoms with E-state index in [4.69, 9.17) is 0 Å². The molecule has 11 heteroatoms. The summed E-state index contributed by atoms with van der Waals surface area (Å²) in [5.41, 5.74) is 1.52. The van der Waals surface area contributed by atoms with Crippen molar-refractivity contribution in [2.24, 2.45) is 17.8 Å². The Hall–Kier alpha value is -3.18. The normalized spacial score (nSPS) is 27.7. The Labute approximate surface area is 239 Å². The molecule has 1 aromatic heterocycles. The van der Waals surface area contributed by atoms with Crippen LogP contribution < -0.4 is 0 Å². The fourth-order valence-electron chi connectivity index (χ4n) is 6.90. The number of fused-ring (bicyclic) bond motifs is 2. The average molecular weight is 567 g/mol. The molecule has 0 radical (unpaired) electrons. The number of likely N-dealkylation sites (tertiary alicyclic amines) is 1. The first kappa shape index (κ1) is 28.4. The highest BCUT2D eigenvalue weighted by molar-refractivity contribution is 8.02. The second kappa shape index (κ2) is 11.0. The van der Waals surface area contributed by atoms with Gasteiger partial charge in [-0.3, -0.25) is 14.4 Å². The topological polar surface area (TPSA) is 112 Å². The lowest BCUT2D eigenvalue weighted by Crippen LogP contribution is -2.58. The number of aliphatic hydroxyl groups is 1. The van der Waals surface area contributed by atoms with Gasteiger partial charge in [0.1, 0.15) is 18.2 Å². The van der Waals surface area contributed by atoms with Crippen LogP contribution in [0.25, 0.3) is 11.0 Å². The summed E-state index contributed by atoms with van der Waals surface area (Å²) in [5.74, 6) is -1.77. The summed E-state index contributed by atoms with van der Waals surface area (Å²) < 4.78 is 0.926. The third-order valence-corrected chi connectivity index (χ3v) is 10.7. The Balaban J connectivity index is 1.56. The van der Waals surface area contributed by atoms with E-state index in [2.05, 4.69) is 23.5 Å². The minimum Gasteiger partial charge on any atom is -0.394 e. The van der Waals surface area contributed by atoms with Gasteiger partial charge in [0, 0.05) is 25.4 Å². The fraction of sp³-hybridized carbons (Fsp3) is 0.552. The molecule has 10 nitrogen and oxygen atoms in total. The summed E-state index contributed by atoms with van der Waals surface area (Å²) in [6, 6.07) is 6.16. The van der Waals surface area contributed by atoms with E-state index in [0.717, 1.165) is 17.5 Å². The predicted octanol–water partition coefficient (Wildman–Crippen LogP) is 2.16. The second-order valence-corrected chi connectivity index (χ2v) is 13.0. The molecule has 3 saturated heterocycles. The Morgan fingerprint density at radius 2 is 1.95 bits per heavy atom. The van der Waals surface area contributed by atoms with Crippen LogP contribution in [0.3, 0.4) is 0 Å². The van der Waals surface area contributed by atoms with Crippen LogP contribution in [-0.2, 0) is 21.1 Å². The van der Waals surface area contributed by atoms with Crippen LogP contribution in [0.2, 0.25) is 0 Å². The largest absolute Gasteiger partial charge is 0.394 e. The number of carbonyl (C=O) groups excluding carboxylic acids is 3. The van der Waals surface area contributed by atoms with Crippen molar-refractivity contribution in [2.75, 3.05) is 26.7 Å². The van der Waals surface area contributed by atoms with E-state index >= 15 is 0 Å². The highest BCUT2D eigenvalue weighted by Crippen LogP contribution is 2.67. The van der Waals surface area contributed by atoms with Crippen LogP contribution in [0.15, 0.2) is 49.6 Å². The lowest BCUT2D eigenvalue weighted by Gasteiger charge is -2.40. The SMILES string of the molecule is C=CCN(C)C(=O)[C@@H]1[C@@H]2CCC3(S2)C(C(=O)N(CC=C)Cn2nnc4ccccc42)N([C@@H](CO)C(C)C)C(=O)[C@H]13. The van der Waals surface area contributed by atoms with Crippen molar-refractivity contribution in [2.45, 2.75) is 55.4 Å². The van der Waals surface area contributed by atoms with Gasteiger partial charge in [-0.05, 0) is 30.9 Å². The second-order valence-electron chi connectivity index (χ2n) is 11.4. The standard InChI is InChI=1S/C29H38N6O4S/c1-6-14-32(5)26(37)23-22-12-13-29(40-22)24(23)27(38)35(21(16-36)18(3)4)25(29)28(39)33(15-7-2)17-34-20-11-9-8-10-19(20)30-31-34/h6-11,18,21-25,36H,1-2,12-17H2,3-5H3/t21-,22-,23+,24-,25?,29?/m0/s1. The summed E-state index contributed by atoms with van der Waals surface area (Å²) >= 11 is 1.63. The molecule has 3 aliphatic heterocycles. The molecule has 3 fully saturated rings. The van der Waals surface area contributed by atoms with Gasteiger partial charge in [0.2, 0.25) is 17.7 Å². The molecule has 1 N–H and O–H groups in total. The minimum atomic E-state index is -0.822. The molecule has 4 heterocycles.